The molecule has 2 heterocycles. The molecular formula is C22H31ClIN5O. The lowest BCUT2D eigenvalue weighted by molar-refractivity contribution is 0.0342. The predicted octanol–water partition coefficient (Wildman–Crippen LogP) is 3.48. The van der Waals surface area contributed by atoms with Crippen molar-refractivity contribution in [1.29, 1.82) is 0 Å². The van der Waals surface area contributed by atoms with Crippen LogP contribution < -0.4 is 10.6 Å². The highest BCUT2D eigenvalue weighted by Gasteiger charge is 2.10. The number of pyridine rings is 1. The van der Waals surface area contributed by atoms with E-state index in [0.717, 1.165) is 63.9 Å². The van der Waals surface area contributed by atoms with E-state index in [1.807, 2.05) is 18.3 Å². The zero-order valence-electron chi connectivity index (χ0n) is 17.4. The Morgan fingerprint density at radius 3 is 2.43 bits per heavy atom. The average Bonchev–Trinajstić information content (AvgIpc) is 2.75. The van der Waals surface area contributed by atoms with Gasteiger partial charge in [-0.3, -0.25) is 4.90 Å². The molecule has 1 aliphatic heterocycles. The lowest BCUT2D eigenvalue weighted by atomic mass is 10.1. The summed E-state index contributed by atoms with van der Waals surface area (Å²) in [5.74, 6) is 0.826. The largest absolute Gasteiger partial charge is 0.379 e. The fraction of sp³-hybridized carbons (Fsp3) is 0.455. The highest BCUT2D eigenvalue weighted by molar-refractivity contribution is 14.0. The summed E-state index contributed by atoms with van der Waals surface area (Å²) in [5, 5.41) is 7.20. The summed E-state index contributed by atoms with van der Waals surface area (Å²) in [5.41, 5.74) is 3.68. The van der Waals surface area contributed by atoms with Crippen LogP contribution in [0.15, 0.2) is 47.6 Å². The van der Waals surface area contributed by atoms with Gasteiger partial charge in [0.15, 0.2) is 5.96 Å². The van der Waals surface area contributed by atoms with Gasteiger partial charge in [0.1, 0.15) is 5.15 Å². The smallest absolute Gasteiger partial charge is 0.191 e. The van der Waals surface area contributed by atoms with E-state index >= 15 is 0 Å². The van der Waals surface area contributed by atoms with Crippen LogP contribution in [0, 0.1) is 0 Å². The summed E-state index contributed by atoms with van der Waals surface area (Å²) in [6, 6.07) is 12.6. The summed E-state index contributed by atoms with van der Waals surface area (Å²) >= 11 is 5.83. The number of ether oxygens (including phenoxy) is 1. The van der Waals surface area contributed by atoms with Gasteiger partial charge < -0.3 is 15.4 Å². The lowest BCUT2D eigenvalue weighted by Gasteiger charge is -2.26. The highest BCUT2D eigenvalue weighted by atomic mass is 127. The molecule has 3 rings (SSSR count). The lowest BCUT2D eigenvalue weighted by Crippen LogP contribution is -2.38. The Kier molecular flexibility index (Phi) is 11.4. The normalized spacial score (nSPS) is 14.8. The van der Waals surface area contributed by atoms with E-state index in [1.54, 1.807) is 0 Å². The number of nitrogens with one attached hydrogen (secondary N) is 2. The molecule has 30 heavy (non-hydrogen) atoms. The second-order valence-corrected chi connectivity index (χ2v) is 7.45. The molecule has 6 nitrogen and oxygen atoms in total. The molecule has 164 valence electrons. The summed E-state index contributed by atoms with van der Waals surface area (Å²) in [4.78, 5) is 11.3. The summed E-state index contributed by atoms with van der Waals surface area (Å²) < 4.78 is 5.41. The number of rotatable bonds is 8. The van der Waals surface area contributed by atoms with Crippen LogP contribution in [0.2, 0.25) is 5.15 Å². The first-order chi connectivity index (χ1) is 14.2. The Bertz CT molecular complexity index is 764. The minimum atomic E-state index is 0. The number of aromatic nitrogens is 1. The van der Waals surface area contributed by atoms with Crippen molar-refractivity contribution in [3.05, 3.63) is 64.4 Å². The van der Waals surface area contributed by atoms with E-state index in [0.29, 0.717) is 11.7 Å². The maximum Gasteiger partial charge on any atom is 0.191 e. The Labute approximate surface area is 201 Å². The van der Waals surface area contributed by atoms with E-state index in [9.17, 15) is 0 Å². The fourth-order valence-corrected chi connectivity index (χ4v) is 3.27. The molecule has 2 N–H and O–H groups in total. The quantitative estimate of drug-likeness (QED) is 0.231. The van der Waals surface area contributed by atoms with Crippen molar-refractivity contribution in [3.8, 4) is 0 Å². The number of aliphatic imine (C=N–C) groups is 1. The predicted molar refractivity (Wildman–Crippen MR) is 134 cm³/mol. The summed E-state index contributed by atoms with van der Waals surface area (Å²) in [6.45, 7) is 9.00. The monoisotopic (exact) mass is 543 g/mol. The Morgan fingerprint density at radius 2 is 1.77 bits per heavy atom. The average molecular weight is 544 g/mol. The van der Waals surface area contributed by atoms with Crippen LogP contribution in [0.25, 0.3) is 0 Å². The number of guanidine groups is 1. The molecule has 1 aliphatic rings. The van der Waals surface area contributed by atoms with Gasteiger partial charge in [-0.05, 0) is 36.1 Å². The van der Waals surface area contributed by atoms with E-state index in [-0.39, 0.29) is 24.0 Å². The van der Waals surface area contributed by atoms with Crippen molar-refractivity contribution in [2.45, 2.75) is 26.4 Å². The van der Waals surface area contributed by atoms with Crippen molar-refractivity contribution in [2.24, 2.45) is 4.99 Å². The van der Waals surface area contributed by atoms with Gasteiger partial charge in [0, 0.05) is 38.9 Å². The van der Waals surface area contributed by atoms with Gasteiger partial charge in [0.05, 0.1) is 19.8 Å². The topological polar surface area (TPSA) is 61.8 Å². The molecule has 0 spiro atoms. The number of halogens is 2. The third kappa shape index (κ3) is 8.75. The van der Waals surface area contributed by atoms with Gasteiger partial charge in [-0.1, -0.05) is 41.9 Å². The van der Waals surface area contributed by atoms with Crippen LogP contribution >= 0.6 is 35.6 Å². The SMILES string of the molecule is CCNC(=NCc1ccc(CN2CCOCC2)cc1)NCCc1ccc(Cl)nc1.I. The van der Waals surface area contributed by atoms with Crippen molar-refractivity contribution in [3.63, 3.8) is 0 Å². The third-order valence-electron chi connectivity index (χ3n) is 4.79. The van der Waals surface area contributed by atoms with Gasteiger partial charge in [-0.25, -0.2) is 9.98 Å². The minimum Gasteiger partial charge on any atom is -0.379 e. The van der Waals surface area contributed by atoms with Crippen molar-refractivity contribution >= 4 is 41.5 Å². The van der Waals surface area contributed by atoms with Crippen LogP contribution in [0.5, 0.6) is 0 Å². The second-order valence-electron chi connectivity index (χ2n) is 7.07. The molecule has 0 atom stereocenters. The molecule has 0 bridgehead atoms. The van der Waals surface area contributed by atoms with Gasteiger partial charge in [-0.15, -0.1) is 24.0 Å². The molecule has 0 unspecified atom stereocenters. The fourth-order valence-electron chi connectivity index (χ4n) is 3.16. The zero-order valence-corrected chi connectivity index (χ0v) is 20.5. The zero-order chi connectivity index (χ0) is 20.3. The first-order valence-electron chi connectivity index (χ1n) is 10.2. The molecule has 0 amide bonds. The number of hydrogen-bond acceptors (Lipinski definition) is 4. The third-order valence-corrected chi connectivity index (χ3v) is 5.02. The number of benzene rings is 1. The molecule has 1 fully saturated rings. The van der Waals surface area contributed by atoms with E-state index in [2.05, 4.69) is 51.7 Å². The molecule has 8 heteroatoms. The van der Waals surface area contributed by atoms with Gasteiger partial charge in [-0.2, -0.15) is 0 Å². The van der Waals surface area contributed by atoms with Gasteiger partial charge in [0.25, 0.3) is 0 Å². The van der Waals surface area contributed by atoms with Crippen LogP contribution in [-0.4, -0.2) is 55.2 Å². The molecule has 2 aromatic rings. The Balaban J connectivity index is 0.00000320. The maximum absolute atomic E-state index is 5.83. The first kappa shape index (κ1) is 24.8. The molecule has 1 saturated heterocycles. The molecule has 1 aromatic carbocycles. The Morgan fingerprint density at radius 1 is 1.07 bits per heavy atom. The highest BCUT2D eigenvalue weighted by Crippen LogP contribution is 2.10. The molecular weight excluding hydrogens is 513 g/mol. The molecule has 0 radical (unpaired) electrons. The molecule has 1 aromatic heterocycles. The molecule has 0 aliphatic carbocycles. The van der Waals surface area contributed by atoms with Gasteiger partial charge >= 0.3 is 0 Å². The minimum absolute atomic E-state index is 0. The van der Waals surface area contributed by atoms with E-state index in [4.69, 9.17) is 21.3 Å². The Hall–Kier alpha value is -1.42. The first-order valence-corrected chi connectivity index (χ1v) is 10.6. The van der Waals surface area contributed by atoms with Crippen LogP contribution in [0.4, 0.5) is 0 Å². The van der Waals surface area contributed by atoms with E-state index < -0.39 is 0 Å². The van der Waals surface area contributed by atoms with Crippen LogP contribution in [0.3, 0.4) is 0 Å². The van der Waals surface area contributed by atoms with Crippen molar-refractivity contribution < 1.29 is 4.74 Å². The maximum atomic E-state index is 5.83. The summed E-state index contributed by atoms with van der Waals surface area (Å²) in [6.07, 6.45) is 2.68. The van der Waals surface area contributed by atoms with Crippen molar-refractivity contribution in [1.82, 2.24) is 20.5 Å². The number of nitrogens with zero attached hydrogens (tertiary/aromatic N) is 3. The van der Waals surface area contributed by atoms with Crippen LogP contribution in [-0.2, 0) is 24.2 Å². The number of hydrogen-bond donors (Lipinski definition) is 2. The van der Waals surface area contributed by atoms with Gasteiger partial charge in [0.2, 0.25) is 0 Å². The second kappa shape index (κ2) is 13.8. The molecule has 0 saturated carbocycles. The van der Waals surface area contributed by atoms with Crippen LogP contribution in [0.1, 0.15) is 23.6 Å². The summed E-state index contributed by atoms with van der Waals surface area (Å²) in [7, 11) is 0. The van der Waals surface area contributed by atoms with Crippen molar-refractivity contribution in [2.75, 3.05) is 39.4 Å². The standard InChI is InChI=1S/C22H30ClN5O.HI/c1-2-24-22(25-10-9-19-7-8-21(23)26-15-19)27-16-18-3-5-20(6-4-18)17-28-11-13-29-14-12-28;/h3-8,15H,2,9-14,16-17H2,1H3,(H2,24,25,27);1H. The number of morpholine rings is 1. The van der Waals surface area contributed by atoms with E-state index in [1.165, 1.54) is 11.1 Å².